The third kappa shape index (κ3) is 47.5. The van der Waals surface area contributed by atoms with Crippen LogP contribution in [0, 0.1) is 0 Å². The second-order valence-corrected chi connectivity index (χ2v) is 21.8. The fourth-order valence-electron chi connectivity index (χ4n) is 8.52. The van der Waals surface area contributed by atoms with Gasteiger partial charge in [0.05, 0.1) is 39.9 Å². The number of hydrogen-bond donors (Lipinski definition) is 3. The number of phosphoric acid groups is 1. The van der Waals surface area contributed by atoms with Crippen LogP contribution in [0.15, 0.2) is 0 Å². The predicted molar refractivity (Wildman–Crippen MR) is 268 cm³/mol. The van der Waals surface area contributed by atoms with E-state index in [1.54, 1.807) is 0 Å². The Bertz CT molecular complexity index is 978. The number of aliphatic hydroxyl groups excluding tert-OH is 1. The predicted octanol–water partition coefficient (Wildman–Crippen LogP) is 16.1. The number of rotatable bonds is 51. The number of nitrogens with one attached hydrogen (secondary N) is 1. The van der Waals surface area contributed by atoms with E-state index in [1.807, 2.05) is 21.1 Å². The maximum absolute atomic E-state index is 12.9. The zero-order valence-electron chi connectivity index (χ0n) is 42.4. The van der Waals surface area contributed by atoms with Gasteiger partial charge < -0.3 is 19.8 Å². The Morgan fingerprint density at radius 2 is 0.774 bits per heavy atom. The maximum atomic E-state index is 12.9. The lowest BCUT2D eigenvalue weighted by atomic mass is 10.0. The fraction of sp³-hybridized carbons (Fsp3) is 0.981. The molecule has 0 aliphatic heterocycles. The Hall–Kier alpha value is -0.500. The highest BCUT2D eigenvalue weighted by Gasteiger charge is 2.28. The van der Waals surface area contributed by atoms with Crippen LogP contribution < -0.4 is 5.32 Å². The van der Waals surface area contributed by atoms with Crippen molar-refractivity contribution in [3.05, 3.63) is 0 Å². The average molecular weight is 902 g/mol. The number of carbonyl (C=O) groups excluding carboxylic acids is 1. The molecule has 0 heterocycles. The highest BCUT2D eigenvalue weighted by atomic mass is 31.2. The third-order valence-corrected chi connectivity index (χ3v) is 13.8. The monoisotopic (exact) mass is 902 g/mol. The van der Waals surface area contributed by atoms with Crippen LogP contribution in [0.2, 0.25) is 0 Å². The van der Waals surface area contributed by atoms with Gasteiger partial charge in [0.1, 0.15) is 13.2 Å². The smallest absolute Gasteiger partial charge is 0.391 e. The van der Waals surface area contributed by atoms with Crippen LogP contribution in [0.1, 0.15) is 284 Å². The molecular weight excluding hydrogens is 792 g/mol. The summed E-state index contributed by atoms with van der Waals surface area (Å²) < 4.78 is 23.6. The van der Waals surface area contributed by atoms with Crippen LogP contribution in [0.3, 0.4) is 0 Å². The van der Waals surface area contributed by atoms with E-state index in [1.165, 1.54) is 218 Å². The number of likely N-dealkylation sites (N-methyl/N-ethyl adjacent to an activating group) is 1. The van der Waals surface area contributed by atoms with Crippen molar-refractivity contribution in [1.29, 1.82) is 0 Å². The van der Waals surface area contributed by atoms with E-state index < -0.39 is 20.0 Å². The van der Waals surface area contributed by atoms with Crippen LogP contribution in [0.25, 0.3) is 0 Å². The molecule has 0 aliphatic rings. The summed E-state index contributed by atoms with van der Waals surface area (Å²) in [7, 11) is 1.63. The van der Waals surface area contributed by atoms with Crippen LogP contribution in [0.5, 0.6) is 0 Å². The minimum Gasteiger partial charge on any atom is -0.391 e. The first-order chi connectivity index (χ1) is 30.0. The molecule has 0 aromatic rings. The summed E-state index contributed by atoms with van der Waals surface area (Å²) in [5.74, 6) is -0.140. The number of phosphoric ester groups is 1. The molecule has 9 heteroatoms. The lowest BCUT2D eigenvalue weighted by Crippen LogP contribution is -2.46. The molecule has 0 aromatic heterocycles. The minimum absolute atomic E-state index is 0.0784. The molecule has 62 heavy (non-hydrogen) atoms. The highest BCUT2D eigenvalue weighted by Crippen LogP contribution is 2.43. The van der Waals surface area contributed by atoms with E-state index >= 15 is 0 Å². The molecule has 0 rings (SSSR count). The number of hydrogen-bond acceptors (Lipinski definition) is 5. The topological polar surface area (TPSA) is 105 Å². The summed E-state index contributed by atoms with van der Waals surface area (Å²) in [5.41, 5.74) is 0. The summed E-state index contributed by atoms with van der Waals surface area (Å²) in [6, 6.07) is -0.752. The lowest BCUT2D eigenvalue weighted by Gasteiger charge is -2.26. The van der Waals surface area contributed by atoms with Crippen molar-refractivity contribution in [2.24, 2.45) is 0 Å². The first kappa shape index (κ1) is 61.5. The number of aliphatic hydroxyl groups is 1. The van der Waals surface area contributed by atoms with Gasteiger partial charge >= 0.3 is 7.82 Å². The molecule has 0 aliphatic carbocycles. The van der Waals surface area contributed by atoms with E-state index in [-0.39, 0.29) is 19.1 Å². The summed E-state index contributed by atoms with van der Waals surface area (Å²) in [5, 5.41) is 13.9. The average Bonchev–Trinajstić information content (AvgIpc) is 3.23. The van der Waals surface area contributed by atoms with Crippen LogP contribution in [-0.2, 0) is 18.4 Å². The zero-order valence-corrected chi connectivity index (χ0v) is 43.3. The standard InChI is InChI=1S/C53H109N2O6P/c1-6-8-10-12-14-16-17-18-19-20-21-22-23-24-25-26-27-28-29-30-31-32-33-34-35-36-37-39-41-43-45-47-53(57)54-51(50-61-62(58,59)60-49-48-55(3,4)5)52(56)46-44-42-40-38-15-13-11-9-7-2/h51-52,56H,6-50H2,1-5H3,(H-,54,57,58,59)/p+1. The second-order valence-electron chi connectivity index (χ2n) is 20.3. The van der Waals surface area contributed by atoms with Crippen molar-refractivity contribution in [3.8, 4) is 0 Å². The van der Waals surface area contributed by atoms with Gasteiger partial charge in [0, 0.05) is 6.42 Å². The number of unbranched alkanes of at least 4 members (excludes halogenated alkanes) is 38. The maximum Gasteiger partial charge on any atom is 0.472 e. The molecule has 0 bridgehead atoms. The second kappa shape index (κ2) is 45.6. The highest BCUT2D eigenvalue weighted by molar-refractivity contribution is 7.47. The van der Waals surface area contributed by atoms with Crippen LogP contribution >= 0.6 is 7.82 Å². The van der Waals surface area contributed by atoms with Crippen molar-refractivity contribution < 1.29 is 32.9 Å². The molecule has 3 atom stereocenters. The molecule has 0 spiro atoms. The summed E-state index contributed by atoms with van der Waals surface area (Å²) >= 11 is 0. The largest absolute Gasteiger partial charge is 0.472 e. The molecular formula is C53H110N2O6P+. The minimum atomic E-state index is -4.31. The van der Waals surface area contributed by atoms with Gasteiger partial charge in [-0.2, -0.15) is 0 Å². The van der Waals surface area contributed by atoms with Gasteiger partial charge in [0.2, 0.25) is 5.91 Å². The molecule has 8 nitrogen and oxygen atoms in total. The number of nitrogens with zero attached hydrogens (tertiary/aromatic N) is 1. The van der Waals surface area contributed by atoms with E-state index in [0.717, 1.165) is 38.5 Å². The van der Waals surface area contributed by atoms with Crippen molar-refractivity contribution >= 4 is 13.7 Å². The van der Waals surface area contributed by atoms with Gasteiger partial charge in [-0.25, -0.2) is 4.57 Å². The van der Waals surface area contributed by atoms with E-state index in [4.69, 9.17) is 9.05 Å². The molecule has 0 saturated heterocycles. The molecule has 1 amide bonds. The Morgan fingerprint density at radius 1 is 0.484 bits per heavy atom. The van der Waals surface area contributed by atoms with E-state index in [9.17, 15) is 19.4 Å². The lowest BCUT2D eigenvalue weighted by molar-refractivity contribution is -0.870. The third-order valence-electron chi connectivity index (χ3n) is 12.9. The van der Waals surface area contributed by atoms with Crippen LogP contribution in [0.4, 0.5) is 0 Å². The summed E-state index contributed by atoms with van der Waals surface area (Å²) in [4.78, 5) is 23.2. The molecule has 0 fully saturated rings. The number of quaternary nitrogens is 1. The van der Waals surface area contributed by atoms with Gasteiger partial charge in [0.25, 0.3) is 0 Å². The van der Waals surface area contributed by atoms with Gasteiger partial charge in [0.15, 0.2) is 0 Å². The van der Waals surface area contributed by atoms with Gasteiger partial charge in [-0.1, -0.05) is 264 Å². The van der Waals surface area contributed by atoms with Gasteiger partial charge in [-0.15, -0.1) is 0 Å². The van der Waals surface area contributed by atoms with Crippen molar-refractivity contribution in [2.45, 2.75) is 296 Å². The Morgan fingerprint density at radius 3 is 1.08 bits per heavy atom. The number of carbonyl (C=O) groups is 1. The first-order valence-electron chi connectivity index (χ1n) is 27.4. The van der Waals surface area contributed by atoms with Crippen molar-refractivity contribution in [3.63, 3.8) is 0 Å². The van der Waals surface area contributed by atoms with Crippen molar-refractivity contribution in [1.82, 2.24) is 5.32 Å². The van der Waals surface area contributed by atoms with Gasteiger partial charge in [-0.05, 0) is 12.8 Å². The zero-order chi connectivity index (χ0) is 45.7. The molecule has 3 N–H and O–H groups in total. The normalized spacial score (nSPS) is 14.0. The fourth-order valence-corrected chi connectivity index (χ4v) is 9.26. The van der Waals surface area contributed by atoms with Crippen LogP contribution in [-0.4, -0.2) is 73.4 Å². The van der Waals surface area contributed by atoms with Gasteiger partial charge in [-0.3, -0.25) is 13.8 Å². The molecule has 0 saturated carbocycles. The SMILES string of the molecule is CCCCCCCCCCCCCCCCCCCCCCCCCCCCCCCCCC(=O)NC(COP(=O)(O)OCC[N+](C)(C)C)C(O)CCCCCCCCCCC. The summed E-state index contributed by atoms with van der Waals surface area (Å²) in [6.07, 6.45) is 53.3. The first-order valence-corrected chi connectivity index (χ1v) is 28.9. The molecule has 3 unspecified atom stereocenters. The Balaban J connectivity index is 3.88. The van der Waals surface area contributed by atoms with E-state index in [2.05, 4.69) is 19.2 Å². The molecule has 372 valence electrons. The number of amides is 1. The van der Waals surface area contributed by atoms with Crippen molar-refractivity contribution in [2.75, 3.05) is 40.9 Å². The Kier molecular flexibility index (Phi) is 45.3. The Labute approximate surface area is 387 Å². The quantitative estimate of drug-likeness (QED) is 0.0319. The summed E-state index contributed by atoms with van der Waals surface area (Å²) in [6.45, 7) is 4.90. The van der Waals surface area contributed by atoms with E-state index in [0.29, 0.717) is 23.9 Å². The molecule has 0 aromatic carbocycles. The molecule has 0 radical (unpaired) electrons.